The second-order valence-electron chi connectivity index (χ2n) is 4.60. The maximum atomic E-state index is 12.1. The van der Waals surface area contributed by atoms with Crippen LogP contribution in [0.25, 0.3) is 0 Å². The van der Waals surface area contributed by atoms with Gasteiger partial charge in [0.1, 0.15) is 12.9 Å². The molecule has 0 spiro atoms. The Kier molecular flexibility index (Phi) is 8.37. The zero-order valence-corrected chi connectivity index (χ0v) is 13.5. The number of aryl methyl sites for hydroxylation is 1. The number of benzene rings is 1. The number of rotatable bonds is 10. The average Bonchev–Trinajstić information content (AvgIpc) is 2.47. The van der Waals surface area contributed by atoms with Crippen molar-refractivity contribution < 1.29 is 23.2 Å². The van der Waals surface area contributed by atoms with Crippen LogP contribution >= 0.6 is 0 Å². The van der Waals surface area contributed by atoms with Crippen molar-refractivity contribution in [2.24, 2.45) is 0 Å². The van der Waals surface area contributed by atoms with Crippen LogP contribution in [0.15, 0.2) is 29.2 Å². The minimum Gasteiger partial charge on any atom is -0.382 e. The fraction of sp³-hybridized carbons (Fsp3) is 0.533. The summed E-state index contributed by atoms with van der Waals surface area (Å²) in [7, 11) is 0.237. The summed E-state index contributed by atoms with van der Waals surface area (Å²) in [6.07, 6.45) is -0.637. The van der Waals surface area contributed by atoms with Crippen molar-refractivity contribution in [1.29, 1.82) is 0 Å². The largest absolute Gasteiger partial charge is 0.382 e. The molecule has 1 rings (SSSR count). The fourth-order valence-electron chi connectivity index (χ4n) is 1.46. The van der Waals surface area contributed by atoms with Crippen LogP contribution in [0, 0.1) is 6.92 Å². The quantitative estimate of drug-likeness (QED) is 0.486. The maximum absolute atomic E-state index is 12.1. The summed E-state index contributed by atoms with van der Waals surface area (Å²) < 4.78 is 27.3. The van der Waals surface area contributed by atoms with Crippen molar-refractivity contribution in [3.05, 3.63) is 29.8 Å². The first-order chi connectivity index (χ1) is 10.0. The minimum absolute atomic E-state index is 0.0213. The third-order valence-electron chi connectivity index (χ3n) is 2.84. The summed E-state index contributed by atoms with van der Waals surface area (Å²) in [5.74, 6) is -0.258. The van der Waals surface area contributed by atoms with Gasteiger partial charge in [0.05, 0.1) is 29.8 Å². The van der Waals surface area contributed by atoms with Gasteiger partial charge in [-0.15, -0.1) is 0 Å². The van der Waals surface area contributed by atoms with Crippen LogP contribution in [-0.4, -0.2) is 49.0 Å². The maximum Gasteiger partial charge on any atom is 0.174 e. The third kappa shape index (κ3) is 6.95. The number of Topliss-reactive ketones (excluding diaryl/α,β-unsaturated/α-hetero) is 1. The molecule has 0 aliphatic heterocycles. The molecule has 2 atom stereocenters. The topological polar surface area (TPSA) is 61.8 Å². The van der Waals surface area contributed by atoms with Gasteiger partial charge in [-0.25, -0.2) is 0 Å². The molecule has 0 amide bonds. The standard InChI is InChI=1S/C15H22O5S/c1-12-4-6-14(7-5-12)21(17)10-15(16)13(2)20-11-19-9-8-18-3/h4-7,13H,8-11H2,1-3H3/t13-,21-/m0/s1. The zero-order valence-electron chi connectivity index (χ0n) is 12.7. The summed E-state index contributed by atoms with van der Waals surface area (Å²) in [5, 5.41) is 0. The number of hydrogen-bond acceptors (Lipinski definition) is 5. The highest BCUT2D eigenvalue weighted by atomic mass is 32.2. The number of ketones is 1. The minimum atomic E-state index is -1.34. The second kappa shape index (κ2) is 9.78. The Labute approximate surface area is 128 Å². The van der Waals surface area contributed by atoms with Gasteiger partial charge in [-0.05, 0) is 26.0 Å². The molecule has 21 heavy (non-hydrogen) atoms. The van der Waals surface area contributed by atoms with E-state index in [4.69, 9.17) is 14.2 Å². The molecule has 0 heterocycles. The van der Waals surface area contributed by atoms with Gasteiger partial charge in [-0.3, -0.25) is 9.00 Å². The molecule has 1 aromatic rings. The Morgan fingerprint density at radius 2 is 1.90 bits per heavy atom. The molecule has 6 heteroatoms. The normalized spacial score (nSPS) is 13.9. The number of ether oxygens (including phenoxy) is 3. The first kappa shape index (κ1) is 18.0. The van der Waals surface area contributed by atoms with Crippen molar-refractivity contribution in [3.63, 3.8) is 0 Å². The molecule has 0 radical (unpaired) electrons. The van der Waals surface area contributed by atoms with Gasteiger partial charge in [0.25, 0.3) is 0 Å². The third-order valence-corrected chi connectivity index (χ3v) is 4.19. The van der Waals surface area contributed by atoms with Gasteiger partial charge in [0.2, 0.25) is 0 Å². The van der Waals surface area contributed by atoms with Gasteiger partial charge in [0.15, 0.2) is 5.78 Å². The molecule has 0 aliphatic rings. The highest BCUT2D eigenvalue weighted by molar-refractivity contribution is 7.85. The van der Waals surface area contributed by atoms with E-state index in [1.807, 2.05) is 19.1 Å². The van der Waals surface area contributed by atoms with Gasteiger partial charge in [-0.1, -0.05) is 17.7 Å². The van der Waals surface area contributed by atoms with E-state index in [0.717, 1.165) is 5.56 Å². The van der Waals surface area contributed by atoms with Crippen molar-refractivity contribution in [2.45, 2.75) is 24.8 Å². The Balaban J connectivity index is 2.34. The van der Waals surface area contributed by atoms with Crippen LogP contribution in [0.1, 0.15) is 12.5 Å². The predicted octanol–water partition coefficient (Wildman–Crippen LogP) is 1.70. The smallest absolute Gasteiger partial charge is 0.174 e. The van der Waals surface area contributed by atoms with Crippen LogP contribution in [0.3, 0.4) is 0 Å². The Hall–Kier alpha value is -1.08. The summed E-state index contributed by atoms with van der Waals surface area (Å²) in [5.41, 5.74) is 1.09. The SMILES string of the molecule is COCCOCO[C@@H](C)C(=O)C[S@](=O)c1ccc(C)cc1. The lowest BCUT2D eigenvalue weighted by Gasteiger charge is -2.12. The molecule has 0 aromatic heterocycles. The van der Waals surface area contributed by atoms with Gasteiger partial charge in [-0.2, -0.15) is 0 Å². The van der Waals surface area contributed by atoms with Gasteiger partial charge in [0, 0.05) is 12.0 Å². The average molecular weight is 314 g/mol. The van der Waals surface area contributed by atoms with E-state index in [1.54, 1.807) is 26.2 Å². The summed E-state index contributed by atoms with van der Waals surface area (Å²) >= 11 is 0. The lowest BCUT2D eigenvalue weighted by Crippen LogP contribution is -2.27. The highest BCUT2D eigenvalue weighted by Gasteiger charge is 2.17. The van der Waals surface area contributed by atoms with Gasteiger partial charge < -0.3 is 14.2 Å². The molecule has 5 nitrogen and oxygen atoms in total. The molecule has 1 aromatic carbocycles. The van der Waals surface area contributed by atoms with Crippen LogP contribution < -0.4 is 0 Å². The van der Waals surface area contributed by atoms with Crippen LogP contribution in [-0.2, 0) is 29.8 Å². The molecule has 0 N–H and O–H groups in total. The molecule has 0 bridgehead atoms. The summed E-state index contributed by atoms with van der Waals surface area (Å²) in [6.45, 7) is 4.50. The predicted molar refractivity (Wildman–Crippen MR) is 80.7 cm³/mol. The van der Waals surface area contributed by atoms with Crippen molar-refractivity contribution >= 4 is 16.6 Å². The Bertz CT molecular complexity index is 458. The molecular formula is C15H22O5S. The van der Waals surface area contributed by atoms with E-state index < -0.39 is 16.9 Å². The van der Waals surface area contributed by atoms with E-state index in [-0.39, 0.29) is 18.3 Å². The van der Waals surface area contributed by atoms with Gasteiger partial charge >= 0.3 is 0 Å². The number of carbonyl (C=O) groups is 1. The Morgan fingerprint density at radius 1 is 1.24 bits per heavy atom. The van der Waals surface area contributed by atoms with Crippen LogP contribution in [0.2, 0.25) is 0 Å². The molecule has 0 saturated carbocycles. The second-order valence-corrected chi connectivity index (χ2v) is 6.05. The number of methoxy groups -OCH3 is 1. The van der Waals surface area contributed by atoms with E-state index in [0.29, 0.717) is 18.1 Å². The van der Waals surface area contributed by atoms with Crippen molar-refractivity contribution in [1.82, 2.24) is 0 Å². The first-order valence-corrected chi connectivity index (χ1v) is 8.02. The van der Waals surface area contributed by atoms with E-state index in [2.05, 4.69) is 0 Å². The molecule has 0 saturated heterocycles. The highest BCUT2D eigenvalue weighted by Crippen LogP contribution is 2.09. The van der Waals surface area contributed by atoms with Crippen molar-refractivity contribution in [3.8, 4) is 0 Å². The zero-order chi connectivity index (χ0) is 15.7. The summed E-state index contributed by atoms with van der Waals surface area (Å²) in [4.78, 5) is 12.6. The molecule has 118 valence electrons. The first-order valence-electron chi connectivity index (χ1n) is 6.70. The Morgan fingerprint density at radius 3 is 2.52 bits per heavy atom. The lowest BCUT2D eigenvalue weighted by molar-refractivity contribution is -0.138. The molecular weight excluding hydrogens is 292 g/mol. The molecule has 0 unspecified atom stereocenters. The van der Waals surface area contributed by atoms with E-state index in [9.17, 15) is 9.00 Å². The number of hydrogen-bond donors (Lipinski definition) is 0. The van der Waals surface area contributed by atoms with Crippen LogP contribution in [0.5, 0.6) is 0 Å². The van der Waals surface area contributed by atoms with Crippen molar-refractivity contribution in [2.75, 3.05) is 32.9 Å². The summed E-state index contributed by atoms with van der Waals surface area (Å²) in [6, 6.07) is 7.30. The molecule has 0 fully saturated rings. The van der Waals surface area contributed by atoms with Crippen LogP contribution in [0.4, 0.5) is 0 Å². The monoisotopic (exact) mass is 314 g/mol. The molecule has 0 aliphatic carbocycles. The van der Waals surface area contributed by atoms with E-state index >= 15 is 0 Å². The van der Waals surface area contributed by atoms with E-state index in [1.165, 1.54) is 0 Å². The lowest BCUT2D eigenvalue weighted by atomic mass is 10.2. The fourth-order valence-corrected chi connectivity index (χ4v) is 2.56. The number of carbonyl (C=O) groups excluding carboxylic acids is 1.